The highest BCUT2D eigenvalue weighted by molar-refractivity contribution is 8.00. The first-order chi connectivity index (χ1) is 12.0. The summed E-state index contributed by atoms with van der Waals surface area (Å²) in [6, 6.07) is 7.72. The highest BCUT2D eigenvalue weighted by atomic mass is 32.2. The van der Waals surface area contributed by atoms with Crippen LogP contribution in [0.2, 0.25) is 0 Å². The Kier molecular flexibility index (Phi) is 6.87. The molecule has 1 aromatic heterocycles. The molecule has 25 heavy (non-hydrogen) atoms. The van der Waals surface area contributed by atoms with Crippen molar-refractivity contribution in [3.8, 4) is 17.1 Å². The molecule has 0 fully saturated rings. The first-order valence-corrected chi connectivity index (χ1v) is 9.36. The van der Waals surface area contributed by atoms with Crippen LogP contribution in [0.5, 0.6) is 5.75 Å². The quantitative estimate of drug-likeness (QED) is 0.730. The number of benzene rings is 1. The van der Waals surface area contributed by atoms with Gasteiger partial charge in [0.2, 0.25) is 5.91 Å². The fraction of sp³-hybridized carbons (Fsp3) is 0.500. The van der Waals surface area contributed by atoms with Gasteiger partial charge in [0, 0.05) is 18.7 Å². The van der Waals surface area contributed by atoms with E-state index >= 15 is 0 Å². The Balaban J connectivity index is 2.14. The second-order valence-corrected chi connectivity index (χ2v) is 7.49. The molecule has 0 unspecified atom stereocenters. The number of thioether (sulfide) groups is 1. The summed E-state index contributed by atoms with van der Waals surface area (Å²) >= 11 is 1.43. The Morgan fingerprint density at radius 3 is 2.48 bits per heavy atom. The van der Waals surface area contributed by atoms with Gasteiger partial charge in [-0.05, 0) is 44.0 Å². The number of ether oxygens (including phenoxy) is 1. The number of nitrogens with one attached hydrogen (secondary N) is 1. The molecule has 0 saturated heterocycles. The van der Waals surface area contributed by atoms with Crippen molar-refractivity contribution in [3.63, 3.8) is 0 Å². The predicted octanol–water partition coefficient (Wildman–Crippen LogP) is 3.23. The van der Waals surface area contributed by atoms with Gasteiger partial charge in [0.15, 0.2) is 11.0 Å². The van der Waals surface area contributed by atoms with Gasteiger partial charge in [-0.25, -0.2) is 0 Å². The molecule has 0 aliphatic carbocycles. The SMILES string of the molecule is CCn1c(S[C@@H](C)C(=O)NCC(C)C)nnc1-c1ccc(OC)cc1. The van der Waals surface area contributed by atoms with E-state index in [1.165, 1.54) is 11.8 Å². The number of hydrogen-bond acceptors (Lipinski definition) is 5. The zero-order valence-electron chi connectivity index (χ0n) is 15.4. The third kappa shape index (κ3) is 4.98. The Labute approximate surface area is 153 Å². The van der Waals surface area contributed by atoms with Gasteiger partial charge in [-0.3, -0.25) is 4.79 Å². The molecule has 1 amide bonds. The molecule has 2 rings (SSSR count). The smallest absolute Gasteiger partial charge is 0.233 e. The van der Waals surface area contributed by atoms with Crippen LogP contribution in [-0.2, 0) is 11.3 Å². The standard InChI is InChI=1S/C18H26N4O2S/c1-6-22-16(14-7-9-15(24-5)10-8-14)20-21-18(22)25-13(4)17(23)19-11-12(2)3/h7-10,12-13H,6,11H2,1-5H3,(H,19,23)/t13-/m0/s1. The molecule has 136 valence electrons. The largest absolute Gasteiger partial charge is 0.497 e. The molecule has 1 atom stereocenters. The lowest BCUT2D eigenvalue weighted by molar-refractivity contribution is -0.120. The molecular weight excluding hydrogens is 336 g/mol. The molecule has 0 aliphatic rings. The van der Waals surface area contributed by atoms with E-state index < -0.39 is 0 Å². The van der Waals surface area contributed by atoms with Crippen molar-refractivity contribution < 1.29 is 9.53 Å². The number of methoxy groups -OCH3 is 1. The van der Waals surface area contributed by atoms with Crippen molar-refractivity contribution in [2.75, 3.05) is 13.7 Å². The van der Waals surface area contributed by atoms with Gasteiger partial charge in [-0.2, -0.15) is 0 Å². The molecule has 2 aromatic rings. The molecule has 6 nitrogen and oxygen atoms in total. The van der Waals surface area contributed by atoms with Gasteiger partial charge in [0.1, 0.15) is 5.75 Å². The van der Waals surface area contributed by atoms with Crippen molar-refractivity contribution in [1.82, 2.24) is 20.1 Å². The third-order valence-corrected chi connectivity index (χ3v) is 4.80. The lowest BCUT2D eigenvalue weighted by atomic mass is 10.2. The second kappa shape index (κ2) is 8.89. The summed E-state index contributed by atoms with van der Waals surface area (Å²) < 4.78 is 7.22. The number of nitrogens with zero attached hydrogens (tertiary/aromatic N) is 3. The van der Waals surface area contributed by atoms with Crippen molar-refractivity contribution in [2.24, 2.45) is 5.92 Å². The molecule has 7 heteroatoms. The molecule has 1 heterocycles. The number of carbonyl (C=O) groups is 1. The van der Waals surface area contributed by atoms with E-state index in [9.17, 15) is 4.79 Å². The topological polar surface area (TPSA) is 69.0 Å². The van der Waals surface area contributed by atoms with E-state index in [2.05, 4.69) is 29.4 Å². The Hall–Kier alpha value is -2.02. The maximum absolute atomic E-state index is 12.2. The molecule has 1 N–H and O–H groups in total. The molecule has 1 aromatic carbocycles. The minimum absolute atomic E-state index is 0.0235. The summed E-state index contributed by atoms with van der Waals surface area (Å²) in [5.41, 5.74) is 0.971. The van der Waals surface area contributed by atoms with Crippen molar-refractivity contribution >= 4 is 17.7 Å². The highest BCUT2D eigenvalue weighted by Crippen LogP contribution is 2.27. The van der Waals surface area contributed by atoms with Gasteiger partial charge >= 0.3 is 0 Å². The second-order valence-electron chi connectivity index (χ2n) is 6.18. The van der Waals surface area contributed by atoms with Crippen molar-refractivity contribution in [2.45, 2.75) is 44.6 Å². The van der Waals surface area contributed by atoms with Crippen molar-refractivity contribution in [1.29, 1.82) is 0 Å². The van der Waals surface area contributed by atoms with E-state index in [1.807, 2.05) is 42.7 Å². The lowest BCUT2D eigenvalue weighted by Gasteiger charge is -2.13. The molecule has 0 saturated carbocycles. The summed E-state index contributed by atoms with van der Waals surface area (Å²) in [6.45, 7) is 9.50. The minimum atomic E-state index is -0.225. The van der Waals surface area contributed by atoms with E-state index in [1.54, 1.807) is 7.11 Å². The highest BCUT2D eigenvalue weighted by Gasteiger charge is 2.20. The van der Waals surface area contributed by atoms with Gasteiger partial charge in [0.25, 0.3) is 0 Å². The zero-order chi connectivity index (χ0) is 18.4. The summed E-state index contributed by atoms with van der Waals surface area (Å²) in [5, 5.41) is 12.1. The monoisotopic (exact) mass is 362 g/mol. The van der Waals surface area contributed by atoms with Crippen LogP contribution in [0.3, 0.4) is 0 Å². The molecule has 0 bridgehead atoms. The molecule has 0 radical (unpaired) electrons. The van der Waals surface area contributed by atoms with Crippen LogP contribution in [0.15, 0.2) is 29.4 Å². The molecule has 0 aliphatic heterocycles. The van der Waals surface area contributed by atoms with E-state index in [4.69, 9.17) is 4.74 Å². The summed E-state index contributed by atoms with van der Waals surface area (Å²) in [4.78, 5) is 12.2. The first-order valence-electron chi connectivity index (χ1n) is 8.48. The number of carbonyl (C=O) groups excluding carboxylic acids is 1. The van der Waals surface area contributed by atoms with Crippen LogP contribution < -0.4 is 10.1 Å². The maximum atomic E-state index is 12.2. The summed E-state index contributed by atoms with van der Waals surface area (Å²) in [5.74, 6) is 2.05. The summed E-state index contributed by atoms with van der Waals surface area (Å²) in [7, 11) is 1.64. The number of amides is 1. The fourth-order valence-electron chi connectivity index (χ4n) is 2.27. The first kappa shape index (κ1) is 19.3. The average Bonchev–Trinajstić information content (AvgIpc) is 3.02. The van der Waals surface area contributed by atoms with Gasteiger partial charge in [0.05, 0.1) is 12.4 Å². The fourth-order valence-corrected chi connectivity index (χ4v) is 3.21. The van der Waals surface area contributed by atoms with Gasteiger partial charge < -0.3 is 14.6 Å². The predicted molar refractivity (Wildman–Crippen MR) is 101 cm³/mol. The van der Waals surface area contributed by atoms with Crippen LogP contribution in [-0.4, -0.2) is 39.6 Å². The number of rotatable bonds is 8. The molecular formula is C18H26N4O2S. The minimum Gasteiger partial charge on any atom is -0.497 e. The van der Waals surface area contributed by atoms with Gasteiger partial charge in [-0.15, -0.1) is 10.2 Å². The van der Waals surface area contributed by atoms with Crippen LogP contribution in [0.4, 0.5) is 0 Å². The normalized spacial score (nSPS) is 12.2. The Morgan fingerprint density at radius 2 is 1.92 bits per heavy atom. The molecule has 0 spiro atoms. The van der Waals surface area contributed by atoms with Crippen LogP contribution in [0, 0.1) is 5.92 Å². The van der Waals surface area contributed by atoms with Crippen LogP contribution in [0.1, 0.15) is 27.7 Å². The van der Waals surface area contributed by atoms with Crippen LogP contribution >= 0.6 is 11.8 Å². The van der Waals surface area contributed by atoms with Crippen LogP contribution in [0.25, 0.3) is 11.4 Å². The zero-order valence-corrected chi connectivity index (χ0v) is 16.3. The van der Waals surface area contributed by atoms with E-state index in [0.29, 0.717) is 12.5 Å². The summed E-state index contributed by atoms with van der Waals surface area (Å²) in [6.07, 6.45) is 0. The Morgan fingerprint density at radius 1 is 1.24 bits per heavy atom. The number of hydrogen-bond donors (Lipinski definition) is 1. The average molecular weight is 362 g/mol. The third-order valence-electron chi connectivity index (χ3n) is 3.72. The van der Waals surface area contributed by atoms with Crippen molar-refractivity contribution in [3.05, 3.63) is 24.3 Å². The van der Waals surface area contributed by atoms with Gasteiger partial charge in [-0.1, -0.05) is 25.6 Å². The maximum Gasteiger partial charge on any atom is 0.233 e. The Bertz CT molecular complexity index is 698. The number of aromatic nitrogens is 3. The van der Waals surface area contributed by atoms with E-state index in [-0.39, 0.29) is 11.2 Å². The lowest BCUT2D eigenvalue weighted by Crippen LogP contribution is -2.33. The van der Waals surface area contributed by atoms with E-state index in [0.717, 1.165) is 28.8 Å².